The summed E-state index contributed by atoms with van der Waals surface area (Å²) in [7, 11) is 0. The third kappa shape index (κ3) is 3.64. The van der Waals surface area contributed by atoms with E-state index in [-0.39, 0.29) is 12.5 Å². The maximum Gasteiger partial charge on any atom is 0.244 e. The number of aliphatic hydroxyl groups excluding tert-OH is 1. The lowest BCUT2D eigenvalue weighted by Gasteiger charge is -2.42. The Kier molecular flexibility index (Phi) is 5.04. The van der Waals surface area contributed by atoms with E-state index in [0.717, 1.165) is 45.4 Å². The lowest BCUT2D eigenvalue weighted by molar-refractivity contribution is -0.133. The Balaban J connectivity index is 1.46. The van der Waals surface area contributed by atoms with Crippen LogP contribution in [0.1, 0.15) is 25.7 Å². The standard InChI is InChI=1S/C15H25N5O2/c21-12-13-2-1-6-19(10-13)14-3-7-18(8-4-14)15(22)11-20-9-5-16-17-20/h5,9,13-14,21H,1-4,6-8,10-12H2/t13-/m1/s1. The molecule has 2 fully saturated rings. The second-order valence-electron chi connectivity index (χ2n) is 6.40. The number of carbonyl (C=O) groups is 1. The molecule has 0 spiro atoms. The summed E-state index contributed by atoms with van der Waals surface area (Å²) in [6, 6.07) is 0.560. The van der Waals surface area contributed by atoms with E-state index in [0.29, 0.717) is 18.6 Å². The van der Waals surface area contributed by atoms with Crippen molar-refractivity contribution < 1.29 is 9.90 Å². The van der Waals surface area contributed by atoms with Gasteiger partial charge >= 0.3 is 0 Å². The van der Waals surface area contributed by atoms with Gasteiger partial charge in [-0.3, -0.25) is 9.69 Å². The molecule has 1 amide bonds. The molecule has 0 aromatic carbocycles. The molecule has 0 bridgehead atoms. The molecule has 0 unspecified atom stereocenters. The summed E-state index contributed by atoms with van der Waals surface area (Å²) in [6.07, 6.45) is 7.68. The van der Waals surface area contributed by atoms with Gasteiger partial charge in [-0.05, 0) is 38.1 Å². The number of carbonyl (C=O) groups excluding carboxylic acids is 1. The van der Waals surface area contributed by atoms with Crippen LogP contribution in [0.15, 0.2) is 12.4 Å². The van der Waals surface area contributed by atoms with Crippen LogP contribution in [-0.4, -0.2) is 74.6 Å². The van der Waals surface area contributed by atoms with Crippen molar-refractivity contribution >= 4 is 5.91 Å². The van der Waals surface area contributed by atoms with Crippen LogP contribution in [0.25, 0.3) is 0 Å². The molecule has 3 rings (SSSR count). The molecule has 2 aliphatic heterocycles. The molecular formula is C15H25N5O2. The van der Waals surface area contributed by atoms with Gasteiger partial charge in [-0.25, -0.2) is 4.68 Å². The van der Waals surface area contributed by atoms with Gasteiger partial charge in [0.05, 0.1) is 6.20 Å². The third-order valence-electron chi connectivity index (χ3n) is 4.91. The van der Waals surface area contributed by atoms with E-state index in [1.165, 1.54) is 6.42 Å². The number of piperidine rings is 2. The first kappa shape index (κ1) is 15.4. The molecule has 1 atom stereocenters. The predicted molar refractivity (Wildman–Crippen MR) is 81.0 cm³/mol. The van der Waals surface area contributed by atoms with Gasteiger partial charge in [0.1, 0.15) is 6.54 Å². The highest BCUT2D eigenvalue weighted by Gasteiger charge is 2.29. The van der Waals surface area contributed by atoms with Gasteiger partial charge in [0.15, 0.2) is 0 Å². The zero-order valence-electron chi connectivity index (χ0n) is 13.0. The minimum absolute atomic E-state index is 0.121. The number of hydrogen-bond donors (Lipinski definition) is 1. The molecule has 0 radical (unpaired) electrons. The number of rotatable bonds is 4. The number of aromatic nitrogens is 3. The van der Waals surface area contributed by atoms with Gasteiger partial charge in [0, 0.05) is 38.5 Å². The molecule has 0 saturated carbocycles. The molecule has 3 heterocycles. The zero-order valence-corrected chi connectivity index (χ0v) is 13.0. The Labute approximate surface area is 130 Å². The third-order valence-corrected chi connectivity index (χ3v) is 4.91. The van der Waals surface area contributed by atoms with Gasteiger partial charge in [-0.2, -0.15) is 0 Å². The van der Waals surface area contributed by atoms with Crippen LogP contribution in [-0.2, 0) is 11.3 Å². The summed E-state index contributed by atoms with van der Waals surface area (Å²) in [5.74, 6) is 0.552. The normalized spacial score (nSPS) is 24.6. The smallest absolute Gasteiger partial charge is 0.244 e. The molecular weight excluding hydrogens is 282 g/mol. The van der Waals surface area contributed by atoms with Crippen molar-refractivity contribution in [1.29, 1.82) is 0 Å². The maximum atomic E-state index is 12.2. The SMILES string of the molecule is O=C(Cn1ccnn1)N1CCC(N2CCC[C@@H](CO)C2)CC1. The van der Waals surface area contributed by atoms with Crippen LogP contribution in [0.4, 0.5) is 0 Å². The van der Waals surface area contributed by atoms with Crippen molar-refractivity contribution in [2.24, 2.45) is 5.92 Å². The molecule has 2 aliphatic rings. The topological polar surface area (TPSA) is 74.5 Å². The second-order valence-corrected chi connectivity index (χ2v) is 6.40. The quantitative estimate of drug-likeness (QED) is 0.846. The Morgan fingerprint density at radius 2 is 2.05 bits per heavy atom. The molecule has 122 valence electrons. The van der Waals surface area contributed by atoms with Crippen LogP contribution < -0.4 is 0 Å². The summed E-state index contributed by atoms with van der Waals surface area (Å²) in [6.45, 7) is 4.35. The van der Waals surface area contributed by atoms with E-state index in [1.54, 1.807) is 17.1 Å². The van der Waals surface area contributed by atoms with Crippen molar-refractivity contribution in [3.05, 3.63) is 12.4 Å². The van der Waals surface area contributed by atoms with E-state index in [2.05, 4.69) is 15.2 Å². The van der Waals surface area contributed by atoms with Gasteiger partial charge in [0.25, 0.3) is 0 Å². The molecule has 2 saturated heterocycles. The van der Waals surface area contributed by atoms with Crippen LogP contribution in [0.2, 0.25) is 0 Å². The van der Waals surface area contributed by atoms with Gasteiger partial charge < -0.3 is 10.0 Å². The van der Waals surface area contributed by atoms with Gasteiger partial charge in [-0.1, -0.05) is 5.21 Å². The van der Waals surface area contributed by atoms with E-state index in [1.807, 2.05) is 4.90 Å². The Bertz CT molecular complexity index is 470. The van der Waals surface area contributed by atoms with Crippen molar-refractivity contribution in [2.45, 2.75) is 38.3 Å². The van der Waals surface area contributed by atoms with Crippen LogP contribution in [0, 0.1) is 5.92 Å². The minimum Gasteiger partial charge on any atom is -0.396 e. The molecule has 7 heteroatoms. The highest BCUT2D eigenvalue weighted by molar-refractivity contribution is 5.75. The summed E-state index contributed by atoms with van der Waals surface area (Å²) in [4.78, 5) is 16.7. The fourth-order valence-electron chi connectivity index (χ4n) is 3.61. The van der Waals surface area contributed by atoms with E-state index in [9.17, 15) is 9.90 Å². The van der Waals surface area contributed by atoms with Gasteiger partial charge in [0.2, 0.25) is 5.91 Å². The van der Waals surface area contributed by atoms with Crippen LogP contribution in [0.3, 0.4) is 0 Å². The summed E-state index contributed by atoms with van der Waals surface area (Å²) < 4.78 is 1.57. The van der Waals surface area contributed by atoms with Crippen molar-refractivity contribution in [3.63, 3.8) is 0 Å². The Hall–Kier alpha value is -1.47. The molecule has 1 aromatic heterocycles. The fraction of sp³-hybridized carbons (Fsp3) is 0.800. The maximum absolute atomic E-state index is 12.2. The highest BCUT2D eigenvalue weighted by atomic mass is 16.3. The summed E-state index contributed by atoms with van der Waals surface area (Å²) in [5, 5.41) is 16.9. The van der Waals surface area contributed by atoms with E-state index >= 15 is 0 Å². The second kappa shape index (κ2) is 7.19. The lowest BCUT2D eigenvalue weighted by atomic mass is 9.94. The molecule has 7 nitrogen and oxygen atoms in total. The number of nitrogens with zero attached hydrogens (tertiary/aromatic N) is 5. The average molecular weight is 307 g/mol. The minimum atomic E-state index is 0.121. The monoisotopic (exact) mass is 307 g/mol. The zero-order chi connectivity index (χ0) is 15.4. The summed E-state index contributed by atoms with van der Waals surface area (Å²) >= 11 is 0. The first-order chi connectivity index (χ1) is 10.8. The van der Waals surface area contributed by atoms with Crippen LogP contribution in [0.5, 0.6) is 0 Å². The van der Waals surface area contributed by atoms with Gasteiger partial charge in [-0.15, -0.1) is 5.10 Å². The van der Waals surface area contributed by atoms with Crippen molar-refractivity contribution in [2.75, 3.05) is 32.8 Å². The Morgan fingerprint density at radius 3 is 2.73 bits per heavy atom. The lowest BCUT2D eigenvalue weighted by Crippen LogP contribution is -2.50. The largest absolute Gasteiger partial charge is 0.396 e. The van der Waals surface area contributed by atoms with E-state index in [4.69, 9.17) is 0 Å². The number of aliphatic hydroxyl groups is 1. The first-order valence-electron chi connectivity index (χ1n) is 8.23. The molecule has 22 heavy (non-hydrogen) atoms. The first-order valence-corrected chi connectivity index (χ1v) is 8.23. The predicted octanol–water partition coefficient (Wildman–Crippen LogP) is -0.0266. The number of hydrogen-bond acceptors (Lipinski definition) is 5. The fourth-order valence-corrected chi connectivity index (χ4v) is 3.61. The molecule has 1 aromatic rings. The van der Waals surface area contributed by atoms with E-state index < -0.39 is 0 Å². The van der Waals surface area contributed by atoms with Crippen molar-refractivity contribution in [3.8, 4) is 0 Å². The van der Waals surface area contributed by atoms with Crippen LogP contribution >= 0.6 is 0 Å². The highest BCUT2D eigenvalue weighted by Crippen LogP contribution is 2.23. The van der Waals surface area contributed by atoms with Crippen molar-refractivity contribution in [1.82, 2.24) is 24.8 Å². The Morgan fingerprint density at radius 1 is 1.23 bits per heavy atom. The molecule has 1 N–H and O–H groups in total. The number of likely N-dealkylation sites (tertiary alicyclic amines) is 2. The summed E-state index contributed by atoms with van der Waals surface area (Å²) in [5.41, 5.74) is 0. The molecule has 0 aliphatic carbocycles. The number of amides is 1. The average Bonchev–Trinajstić information content (AvgIpc) is 3.08.